The Morgan fingerprint density at radius 2 is 1.75 bits per heavy atom. The molecule has 0 saturated carbocycles. The quantitative estimate of drug-likeness (QED) is 0.826. The standard InChI is InChI=1S/C14H22BrN/c1-4-12(10-16-9-11(2)3)13-5-7-14(15)8-6-13/h5-8,11-12,16H,4,9-10H2,1-3H3. The molecule has 90 valence electrons. The molecule has 0 heterocycles. The average Bonchev–Trinajstić information content (AvgIpc) is 2.26. The van der Waals surface area contributed by atoms with E-state index in [1.807, 2.05) is 0 Å². The highest BCUT2D eigenvalue weighted by Gasteiger charge is 2.08. The largest absolute Gasteiger partial charge is 0.316 e. The van der Waals surface area contributed by atoms with E-state index in [0.717, 1.165) is 23.5 Å². The fraction of sp³-hybridized carbons (Fsp3) is 0.571. The maximum atomic E-state index is 3.54. The first-order valence-corrected chi connectivity index (χ1v) is 6.89. The van der Waals surface area contributed by atoms with E-state index in [9.17, 15) is 0 Å². The Morgan fingerprint density at radius 3 is 2.25 bits per heavy atom. The van der Waals surface area contributed by atoms with Crippen LogP contribution in [0.15, 0.2) is 28.7 Å². The molecule has 1 unspecified atom stereocenters. The van der Waals surface area contributed by atoms with Gasteiger partial charge in [-0.2, -0.15) is 0 Å². The molecule has 0 bridgehead atoms. The summed E-state index contributed by atoms with van der Waals surface area (Å²) in [6.07, 6.45) is 1.19. The molecule has 0 radical (unpaired) electrons. The second-order valence-corrected chi connectivity index (χ2v) is 5.62. The summed E-state index contributed by atoms with van der Waals surface area (Å²) in [5, 5.41) is 3.54. The normalized spacial score (nSPS) is 13.1. The van der Waals surface area contributed by atoms with E-state index >= 15 is 0 Å². The SMILES string of the molecule is CCC(CNCC(C)C)c1ccc(Br)cc1. The van der Waals surface area contributed by atoms with Crippen molar-refractivity contribution >= 4 is 15.9 Å². The Morgan fingerprint density at radius 1 is 1.12 bits per heavy atom. The number of hydrogen-bond acceptors (Lipinski definition) is 1. The van der Waals surface area contributed by atoms with E-state index in [1.54, 1.807) is 0 Å². The van der Waals surface area contributed by atoms with Gasteiger partial charge in [0.2, 0.25) is 0 Å². The van der Waals surface area contributed by atoms with Crippen LogP contribution in [0.3, 0.4) is 0 Å². The van der Waals surface area contributed by atoms with Gasteiger partial charge in [-0.15, -0.1) is 0 Å². The van der Waals surface area contributed by atoms with Gasteiger partial charge in [0.15, 0.2) is 0 Å². The van der Waals surface area contributed by atoms with E-state index in [-0.39, 0.29) is 0 Å². The Bertz CT molecular complexity index is 292. The first-order valence-electron chi connectivity index (χ1n) is 6.09. The lowest BCUT2D eigenvalue weighted by molar-refractivity contribution is 0.509. The lowest BCUT2D eigenvalue weighted by Crippen LogP contribution is -2.25. The molecule has 1 aromatic carbocycles. The van der Waals surface area contributed by atoms with Gasteiger partial charge in [0.05, 0.1) is 0 Å². The predicted molar refractivity (Wildman–Crippen MR) is 74.9 cm³/mol. The minimum atomic E-state index is 0.631. The van der Waals surface area contributed by atoms with Crippen LogP contribution in [-0.4, -0.2) is 13.1 Å². The second-order valence-electron chi connectivity index (χ2n) is 4.71. The van der Waals surface area contributed by atoms with Gasteiger partial charge in [-0.1, -0.05) is 48.8 Å². The second kappa shape index (κ2) is 7.08. The molecule has 1 atom stereocenters. The van der Waals surface area contributed by atoms with Gasteiger partial charge >= 0.3 is 0 Å². The summed E-state index contributed by atoms with van der Waals surface area (Å²) in [6, 6.07) is 8.69. The first-order chi connectivity index (χ1) is 7.63. The zero-order valence-corrected chi connectivity index (χ0v) is 12.0. The van der Waals surface area contributed by atoms with Crippen molar-refractivity contribution in [3.8, 4) is 0 Å². The smallest absolute Gasteiger partial charge is 0.0175 e. The maximum Gasteiger partial charge on any atom is 0.0175 e. The molecule has 0 aromatic heterocycles. The maximum absolute atomic E-state index is 3.54. The van der Waals surface area contributed by atoms with E-state index in [4.69, 9.17) is 0 Å². The highest BCUT2D eigenvalue weighted by Crippen LogP contribution is 2.20. The van der Waals surface area contributed by atoms with Crippen molar-refractivity contribution < 1.29 is 0 Å². The highest BCUT2D eigenvalue weighted by molar-refractivity contribution is 9.10. The van der Waals surface area contributed by atoms with E-state index in [2.05, 4.69) is 66.3 Å². The summed E-state index contributed by atoms with van der Waals surface area (Å²) in [7, 11) is 0. The molecule has 16 heavy (non-hydrogen) atoms. The summed E-state index contributed by atoms with van der Waals surface area (Å²) >= 11 is 3.47. The number of benzene rings is 1. The monoisotopic (exact) mass is 283 g/mol. The van der Waals surface area contributed by atoms with Gasteiger partial charge in [-0.05, 0) is 42.5 Å². The van der Waals surface area contributed by atoms with Gasteiger partial charge in [-0.3, -0.25) is 0 Å². The Kier molecular flexibility index (Phi) is 6.07. The van der Waals surface area contributed by atoms with Crippen LogP contribution in [0.2, 0.25) is 0 Å². The molecule has 1 aromatic rings. The van der Waals surface area contributed by atoms with Crippen LogP contribution in [0.5, 0.6) is 0 Å². The minimum absolute atomic E-state index is 0.631. The molecular weight excluding hydrogens is 262 g/mol. The minimum Gasteiger partial charge on any atom is -0.316 e. The lowest BCUT2D eigenvalue weighted by atomic mass is 9.96. The Labute approximate surface area is 108 Å². The fourth-order valence-electron chi connectivity index (χ4n) is 1.78. The van der Waals surface area contributed by atoms with Crippen molar-refractivity contribution in [2.45, 2.75) is 33.1 Å². The third kappa shape index (κ3) is 4.67. The summed E-state index contributed by atoms with van der Waals surface area (Å²) in [5.41, 5.74) is 1.43. The molecule has 0 spiro atoms. The zero-order chi connectivity index (χ0) is 12.0. The van der Waals surface area contributed by atoms with Gasteiger partial charge in [0, 0.05) is 11.0 Å². The van der Waals surface area contributed by atoms with Crippen molar-refractivity contribution in [1.29, 1.82) is 0 Å². The molecule has 1 N–H and O–H groups in total. The lowest BCUT2D eigenvalue weighted by Gasteiger charge is -2.17. The van der Waals surface area contributed by atoms with Crippen LogP contribution >= 0.6 is 15.9 Å². The summed E-state index contributed by atoms with van der Waals surface area (Å²) in [5.74, 6) is 1.36. The molecule has 1 rings (SSSR count). The van der Waals surface area contributed by atoms with Crippen molar-refractivity contribution in [1.82, 2.24) is 5.32 Å². The van der Waals surface area contributed by atoms with Crippen LogP contribution < -0.4 is 5.32 Å². The summed E-state index contributed by atoms with van der Waals surface area (Å²) < 4.78 is 1.15. The molecule has 0 aliphatic heterocycles. The van der Waals surface area contributed by atoms with E-state index in [0.29, 0.717) is 5.92 Å². The van der Waals surface area contributed by atoms with Gasteiger partial charge < -0.3 is 5.32 Å². The van der Waals surface area contributed by atoms with Crippen LogP contribution in [0.1, 0.15) is 38.7 Å². The van der Waals surface area contributed by atoms with Gasteiger partial charge in [0.25, 0.3) is 0 Å². The molecule has 0 amide bonds. The number of halogens is 1. The van der Waals surface area contributed by atoms with Gasteiger partial charge in [-0.25, -0.2) is 0 Å². The van der Waals surface area contributed by atoms with Crippen molar-refractivity contribution in [2.75, 3.05) is 13.1 Å². The predicted octanol–water partition coefficient (Wildman–Crippen LogP) is 4.19. The third-order valence-electron chi connectivity index (χ3n) is 2.78. The number of nitrogens with one attached hydrogen (secondary N) is 1. The molecule has 0 saturated heterocycles. The number of rotatable bonds is 6. The molecule has 0 fully saturated rings. The molecule has 1 nitrogen and oxygen atoms in total. The zero-order valence-electron chi connectivity index (χ0n) is 10.5. The van der Waals surface area contributed by atoms with Crippen LogP contribution in [0.4, 0.5) is 0 Å². The molecular formula is C14H22BrN. The average molecular weight is 284 g/mol. The van der Waals surface area contributed by atoms with Crippen molar-refractivity contribution in [2.24, 2.45) is 5.92 Å². The third-order valence-corrected chi connectivity index (χ3v) is 3.31. The van der Waals surface area contributed by atoms with Crippen LogP contribution in [0, 0.1) is 5.92 Å². The molecule has 0 aliphatic rings. The van der Waals surface area contributed by atoms with E-state index in [1.165, 1.54) is 12.0 Å². The summed E-state index contributed by atoms with van der Waals surface area (Å²) in [6.45, 7) is 8.92. The number of hydrogen-bond donors (Lipinski definition) is 1. The fourth-order valence-corrected chi connectivity index (χ4v) is 2.04. The first kappa shape index (κ1) is 13.7. The molecule has 2 heteroatoms. The van der Waals surface area contributed by atoms with Crippen molar-refractivity contribution in [3.05, 3.63) is 34.3 Å². The molecule has 0 aliphatic carbocycles. The topological polar surface area (TPSA) is 12.0 Å². The highest BCUT2D eigenvalue weighted by atomic mass is 79.9. The van der Waals surface area contributed by atoms with Crippen LogP contribution in [-0.2, 0) is 0 Å². The van der Waals surface area contributed by atoms with E-state index < -0.39 is 0 Å². The Balaban J connectivity index is 2.50. The summed E-state index contributed by atoms with van der Waals surface area (Å²) in [4.78, 5) is 0. The Hall–Kier alpha value is -0.340. The van der Waals surface area contributed by atoms with Crippen LogP contribution in [0.25, 0.3) is 0 Å². The van der Waals surface area contributed by atoms with Crippen molar-refractivity contribution in [3.63, 3.8) is 0 Å². The van der Waals surface area contributed by atoms with Gasteiger partial charge in [0.1, 0.15) is 0 Å².